The summed E-state index contributed by atoms with van der Waals surface area (Å²) in [4.78, 5) is 10.6. The highest BCUT2D eigenvalue weighted by atomic mass is 127. The standard InChI is InChI=1S/C10H12INO4/c1-16-8-4-5(2-6(11)9(8)13)3-7(12)10(14)15/h2,4,7,13H,3,12H2,1H3,(H,14,15). The number of carboxylic acid groups (broad SMARTS) is 1. The highest BCUT2D eigenvalue weighted by Gasteiger charge is 2.15. The molecular formula is C10H12INO4. The SMILES string of the molecule is COc1cc(CC(N)C(=O)O)cc(I)c1O. The van der Waals surface area contributed by atoms with Crippen LogP contribution >= 0.6 is 22.6 Å². The lowest BCUT2D eigenvalue weighted by Gasteiger charge is -2.10. The van der Waals surface area contributed by atoms with Crippen LogP contribution in [0.2, 0.25) is 0 Å². The number of halogens is 1. The van der Waals surface area contributed by atoms with E-state index in [0.29, 0.717) is 14.9 Å². The summed E-state index contributed by atoms with van der Waals surface area (Å²) in [5, 5.41) is 18.3. The second-order valence-electron chi connectivity index (χ2n) is 3.28. The molecule has 5 nitrogen and oxygen atoms in total. The number of phenols is 1. The molecule has 1 aromatic carbocycles. The molecule has 0 aliphatic carbocycles. The maximum atomic E-state index is 10.6. The number of carboxylic acids is 1. The molecule has 0 bridgehead atoms. The molecular weight excluding hydrogens is 325 g/mol. The molecule has 0 aromatic heterocycles. The first kappa shape index (κ1) is 13.0. The molecule has 1 atom stereocenters. The third-order valence-electron chi connectivity index (χ3n) is 2.08. The van der Waals surface area contributed by atoms with E-state index in [1.165, 1.54) is 7.11 Å². The Morgan fingerprint density at radius 3 is 2.75 bits per heavy atom. The minimum atomic E-state index is -1.05. The van der Waals surface area contributed by atoms with E-state index in [4.69, 9.17) is 15.6 Å². The summed E-state index contributed by atoms with van der Waals surface area (Å²) in [6, 6.07) is 2.31. The van der Waals surface area contributed by atoms with Crippen LogP contribution in [0.1, 0.15) is 5.56 Å². The van der Waals surface area contributed by atoms with Gasteiger partial charge in [-0.05, 0) is 46.7 Å². The molecule has 16 heavy (non-hydrogen) atoms. The molecule has 0 spiro atoms. The molecule has 1 unspecified atom stereocenters. The van der Waals surface area contributed by atoms with E-state index in [1.54, 1.807) is 12.1 Å². The van der Waals surface area contributed by atoms with Gasteiger partial charge in [0.25, 0.3) is 0 Å². The summed E-state index contributed by atoms with van der Waals surface area (Å²) in [6.45, 7) is 0. The first-order valence-corrected chi connectivity index (χ1v) is 5.57. The summed E-state index contributed by atoms with van der Waals surface area (Å²) in [7, 11) is 1.44. The van der Waals surface area contributed by atoms with Gasteiger partial charge in [-0.15, -0.1) is 0 Å². The van der Waals surface area contributed by atoms with E-state index in [0.717, 1.165) is 0 Å². The minimum absolute atomic E-state index is 0.0516. The molecule has 0 saturated carbocycles. The Morgan fingerprint density at radius 2 is 2.25 bits per heavy atom. The molecule has 6 heteroatoms. The average molecular weight is 337 g/mol. The van der Waals surface area contributed by atoms with Crippen LogP contribution in [-0.2, 0) is 11.2 Å². The largest absolute Gasteiger partial charge is 0.504 e. The lowest BCUT2D eigenvalue weighted by molar-refractivity contribution is -0.138. The number of hydrogen-bond donors (Lipinski definition) is 3. The number of methoxy groups -OCH3 is 1. The van der Waals surface area contributed by atoms with Crippen molar-refractivity contribution in [2.24, 2.45) is 5.73 Å². The lowest BCUT2D eigenvalue weighted by Crippen LogP contribution is -2.32. The van der Waals surface area contributed by atoms with Gasteiger partial charge >= 0.3 is 5.97 Å². The Morgan fingerprint density at radius 1 is 1.62 bits per heavy atom. The highest BCUT2D eigenvalue weighted by Crippen LogP contribution is 2.32. The Bertz CT molecular complexity index is 408. The van der Waals surface area contributed by atoms with E-state index in [1.807, 2.05) is 22.6 Å². The lowest BCUT2D eigenvalue weighted by atomic mass is 10.1. The van der Waals surface area contributed by atoms with Gasteiger partial charge in [0.15, 0.2) is 11.5 Å². The fraction of sp³-hybridized carbons (Fsp3) is 0.300. The van der Waals surface area contributed by atoms with E-state index >= 15 is 0 Å². The second kappa shape index (κ2) is 5.35. The van der Waals surface area contributed by atoms with Gasteiger partial charge in [0.2, 0.25) is 0 Å². The zero-order valence-corrected chi connectivity index (χ0v) is 10.8. The van der Waals surface area contributed by atoms with E-state index in [9.17, 15) is 9.90 Å². The number of nitrogens with two attached hydrogens (primary N) is 1. The first-order valence-electron chi connectivity index (χ1n) is 4.49. The zero-order valence-electron chi connectivity index (χ0n) is 8.61. The van der Waals surface area contributed by atoms with Gasteiger partial charge < -0.3 is 20.7 Å². The molecule has 0 saturated heterocycles. The number of rotatable bonds is 4. The smallest absolute Gasteiger partial charge is 0.320 e. The number of aliphatic carboxylic acids is 1. The molecule has 4 N–H and O–H groups in total. The zero-order chi connectivity index (χ0) is 12.3. The maximum Gasteiger partial charge on any atom is 0.320 e. The third-order valence-corrected chi connectivity index (χ3v) is 2.90. The quantitative estimate of drug-likeness (QED) is 0.712. The summed E-state index contributed by atoms with van der Waals surface area (Å²) in [5.41, 5.74) is 6.14. The van der Waals surface area contributed by atoms with Crippen molar-refractivity contribution in [3.63, 3.8) is 0 Å². The van der Waals surface area contributed by atoms with Crippen LogP contribution in [0.15, 0.2) is 12.1 Å². The highest BCUT2D eigenvalue weighted by molar-refractivity contribution is 14.1. The number of ether oxygens (including phenoxy) is 1. The van der Waals surface area contributed by atoms with Crippen molar-refractivity contribution < 1.29 is 19.7 Å². The summed E-state index contributed by atoms with van der Waals surface area (Å²) in [6.07, 6.45) is 0.196. The predicted molar refractivity (Wildman–Crippen MR) is 66.7 cm³/mol. The van der Waals surface area contributed by atoms with Gasteiger partial charge in [0.05, 0.1) is 10.7 Å². The molecule has 88 valence electrons. The summed E-state index contributed by atoms with van der Waals surface area (Å²) >= 11 is 1.94. The van der Waals surface area contributed by atoms with Crippen LogP contribution in [-0.4, -0.2) is 29.3 Å². The number of hydrogen-bond acceptors (Lipinski definition) is 4. The number of aromatic hydroxyl groups is 1. The molecule has 0 aliphatic heterocycles. The number of phenolic OH excluding ortho intramolecular Hbond substituents is 1. The van der Waals surface area contributed by atoms with Crippen LogP contribution in [0, 0.1) is 3.57 Å². The topological polar surface area (TPSA) is 92.8 Å². The molecule has 0 heterocycles. The minimum Gasteiger partial charge on any atom is -0.504 e. The molecule has 0 radical (unpaired) electrons. The van der Waals surface area contributed by atoms with Crippen molar-refractivity contribution in [3.05, 3.63) is 21.3 Å². The fourth-order valence-electron chi connectivity index (χ4n) is 1.24. The van der Waals surface area contributed by atoms with Gasteiger partial charge in [0, 0.05) is 0 Å². The predicted octanol–water partition coefficient (Wildman–Crippen LogP) is 0.960. The van der Waals surface area contributed by atoms with Crippen LogP contribution in [0.25, 0.3) is 0 Å². The van der Waals surface area contributed by atoms with Crippen LogP contribution in [0.4, 0.5) is 0 Å². The van der Waals surface area contributed by atoms with Crippen LogP contribution in [0.3, 0.4) is 0 Å². The number of benzene rings is 1. The third kappa shape index (κ3) is 2.99. The Hall–Kier alpha value is -1.02. The van der Waals surface area contributed by atoms with Gasteiger partial charge in [-0.1, -0.05) is 0 Å². The Kier molecular flexibility index (Phi) is 4.36. The van der Waals surface area contributed by atoms with Crippen molar-refractivity contribution in [2.75, 3.05) is 7.11 Å². The Balaban J connectivity index is 2.98. The first-order chi connectivity index (χ1) is 7.45. The van der Waals surface area contributed by atoms with Crippen molar-refractivity contribution in [3.8, 4) is 11.5 Å². The van der Waals surface area contributed by atoms with Crippen LogP contribution in [0.5, 0.6) is 11.5 Å². The monoisotopic (exact) mass is 337 g/mol. The summed E-state index contributed by atoms with van der Waals surface area (Å²) in [5.74, 6) is -0.683. The molecule has 1 aromatic rings. The van der Waals surface area contributed by atoms with Crippen LogP contribution < -0.4 is 10.5 Å². The van der Waals surface area contributed by atoms with E-state index in [-0.39, 0.29) is 12.2 Å². The summed E-state index contributed by atoms with van der Waals surface area (Å²) < 4.78 is 5.57. The normalized spacial score (nSPS) is 12.2. The number of carbonyl (C=O) groups is 1. The Labute approximate surface area is 106 Å². The van der Waals surface area contributed by atoms with E-state index in [2.05, 4.69) is 0 Å². The van der Waals surface area contributed by atoms with Crippen molar-refractivity contribution in [2.45, 2.75) is 12.5 Å². The van der Waals surface area contributed by atoms with E-state index < -0.39 is 12.0 Å². The molecule has 0 aliphatic rings. The van der Waals surface area contributed by atoms with Crippen molar-refractivity contribution in [1.82, 2.24) is 0 Å². The maximum absolute atomic E-state index is 10.6. The molecule has 0 fully saturated rings. The van der Waals surface area contributed by atoms with Gasteiger partial charge in [-0.2, -0.15) is 0 Å². The molecule has 1 rings (SSSR count). The van der Waals surface area contributed by atoms with Crippen molar-refractivity contribution >= 4 is 28.6 Å². The van der Waals surface area contributed by atoms with Crippen molar-refractivity contribution in [1.29, 1.82) is 0 Å². The van der Waals surface area contributed by atoms with Gasteiger partial charge in [-0.3, -0.25) is 4.79 Å². The second-order valence-corrected chi connectivity index (χ2v) is 4.44. The fourth-order valence-corrected chi connectivity index (χ4v) is 1.91. The van der Waals surface area contributed by atoms with Gasteiger partial charge in [-0.25, -0.2) is 0 Å². The average Bonchev–Trinajstić information content (AvgIpc) is 2.22. The van der Waals surface area contributed by atoms with Gasteiger partial charge in [0.1, 0.15) is 6.04 Å². The molecule has 0 amide bonds.